The number of aromatic nitrogens is 2. The van der Waals surface area contributed by atoms with E-state index in [1.807, 2.05) is 0 Å². The molecule has 0 amide bonds. The number of halogens is 2. The Morgan fingerprint density at radius 2 is 2.33 bits per heavy atom. The van der Waals surface area contributed by atoms with Gasteiger partial charge in [0, 0.05) is 18.5 Å². The van der Waals surface area contributed by atoms with Crippen molar-refractivity contribution < 1.29 is 18.7 Å². The normalized spacial score (nSPS) is 29.8. The summed E-state index contributed by atoms with van der Waals surface area (Å²) in [6, 6.07) is 0. The summed E-state index contributed by atoms with van der Waals surface area (Å²) in [5.74, 6) is -5.13. The first-order valence-electron chi connectivity index (χ1n) is 4.63. The van der Waals surface area contributed by atoms with Gasteiger partial charge in [-0.2, -0.15) is 13.9 Å². The van der Waals surface area contributed by atoms with Gasteiger partial charge in [0.1, 0.15) is 5.69 Å². The predicted octanol–water partition coefficient (Wildman–Crippen LogP) is 1.33. The third-order valence-electron chi connectivity index (χ3n) is 3.23. The molecule has 4 nitrogen and oxygen atoms in total. The summed E-state index contributed by atoms with van der Waals surface area (Å²) in [4.78, 5) is 10.8. The van der Waals surface area contributed by atoms with Crippen molar-refractivity contribution in [1.29, 1.82) is 0 Å². The molecular formula is C9H8F2N2O2. The molecule has 1 N–H and O–H groups in total. The number of carboxylic acids is 1. The summed E-state index contributed by atoms with van der Waals surface area (Å²) < 4.78 is 28.3. The first-order chi connectivity index (χ1) is 6.94. The largest absolute Gasteiger partial charge is 0.476 e. The Morgan fingerprint density at radius 3 is 2.93 bits per heavy atom. The van der Waals surface area contributed by atoms with Gasteiger partial charge in [-0.3, -0.25) is 4.68 Å². The van der Waals surface area contributed by atoms with Crippen LogP contribution in [0.2, 0.25) is 0 Å². The van der Waals surface area contributed by atoms with Crippen LogP contribution >= 0.6 is 0 Å². The van der Waals surface area contributed by atoms with E-state index in [1.165, 1.54) is 7.05 Å². The SMILES string of the molecule is Cn1nc(C(=O)O)c2c1C(F)(F)C1C[C@H]21. The number of fused-ring (bicyclic) bond motifs is 3. The second-order valence-electron chi connectivity index (χ2n) is 4.11. The molecule has 3 rings (SSSR count). The third-order valence-corrected chi connectivity index (χ3v) is 3.23. The van der Waals surface area contributed by atoms with Crippen molar-refractivity contribution in [2.24, 2.45) is 13.0 Å². The van der Waals surface area contributed by atoms with Gasteiger partial charge >= 0.3 is 5.97 Å². The number of nitrogens with zero attached hydrogens (tertiary/aromatic N) is 2. The maximum atomic E-state index is 13.7. The summed E-state index contributed by atoms with van der Waals surface area (Å²) in [6.45, 7) is 0. The fraction of sp³-hybridized carbons (Fsp3) is 0.556. The van der Waals surface area contributed by atoms with Crippen molar-refractivity contribution in [3.8, 4) is 0 Å². The molecule has 0 spiro atoms. The summed E-state index contributed by atoms with van der Waals surface area (Å²) in [5.41, 5.74) is -0.168. The van der Waals surface area contributed by atoms with Crippen LogP contribution < -0.4 is 0 Å². The molecule has 1 aromatic rings. The number of rotatable bonds is 1. The molecule has 1 unspecified atom stereocenters. The lowest BCUT2D eigenvalue weighted by Crippen LogP contribution is -2.18. The minimum Gasteiger partial charge on any atom is -0.476 e. The average Bonchev–Trinajstić information content (AvgIpc) is 2.78. The van der Waals surface area contributed by atoms with E-state index in [4.69, 9.17) is 5.11 Å². The highest BCUT2D eigenvalue weighted by molar-refractivity contribution is 5.88. The number of aryl methyl sites for hydroxylation is 1. The molecule has 1 fully saturated rings. The van der Waals surface area contributed by atoms with Gasteiger partial charge in [-0.15, -0.1) is 0 Å². The standard InChI is InChI=1S/C9H8F2N2O2/c1-13-7-5(6(12-13)8(14)15)3-2-4(3)9(7,10)11/h3-4H,2H2,1H3,(H,14,15)/t3-,4?/m0/s1. The maximum Gasteiger partial charge on any atom is 0.356 e. The Morgan fingerprint density at radius 1 is 1.67 bits per heavy atom. The molecule has 1 aromatic heterocycles. The van der Waals surface area contributed by atoms with E-state index in [2.05, 4.69) is 5.10 Å². The molecule has 0 bridgehead atoms. The van der Waals surface area contributed by atoms with Crippen molar-refractivity contribution >= 4 is 5.97 Å². The van der Waals surface area contributed by atoms with E-state index in [-0.39, 0.29) is 22.9 Å². The van der Waals surface area contributed by atoms with Crippen LogP contribution in [-0.4, -0.2) is 20.9 Å². The predicted molar refractivity (Wildman–Crippen MR) is 44.9 cm³/mol. The first-order valence-corrected chi connectivity index (χ1v) is 4.63. The minimum atomic E-state index is -2.91. The molecule has 0 aliphatic heterocycles. The molecule has 15 heavy (non-hydrogen) atoms. The molecule has 2 aliphatic carbocycles. The van der Waals surface area contributed by atoms with Gasteiger partial charge in [-0.25, -0.2) is 4.79 Å². The van der Waals surface area contributed by atoms with Crippen LogP contribution in [0.25, 0.3) is 0 Å². The summed E-state index contributed by atoms with van der Waals surface area (Å²) in [5, 5.41) is 12.5. The van der Waals surface area contributed by atoms with Crippen molar-refractivity contribution in [3.05, 3.63) is 17.0 Å². The van der Waals surface area contributed by atoms with Crippen LogP contribution in [0.4, 0.5) is 8.78 Å². The smallest absolute Gasteiger partial charge is 0.356 e. The van der Waals surface area contributed by atoms with Gasteiger partial charge in [-0.05, 0) is 12.3 Å². The zero-order valence-electron chi connectivity index (χ0n) is 7.87. The van der Waals surface area contributed by atoms with Crippen LogP contribution in [0.3, 0.4) is 0 Å². The molecule has 6 heteroatoms. The molecule has 2 atom stereocenters. The van der Waals surface area contributed by atoms with E-state index in [1.54, 1.807) is 0 Å². The molecule has 80 valence electrons. The first kappa shape index (κ1) is 8.82. The number of hydrogen-bond donors (Lipinski definition) is 1. The van der Waals surface area contributed by atoms with Gasteiger partial charge in [0.15, 0.2) is 5.69 Å². The fourth-order valence-corrected chi connectivity index (χ4v) is 2.54. The maximum absolute atomic E-state index is 13.7. The van der Waals surface area contributed by atoms with E-state index in [9.17, 15) is 13.6 Å². The topological polar surface area (TPSA) is 55.1 Å². The Labute approximate surface area is 83.5 Å². The Hall–Kier alpha value is -1.46. The number of alkyl halides is 2. The lowest BCUT2D eigenvalue weighted by atomic mass is 10.1. The van der Waals surface area contributed by atoms with Crippen LogP contribution in [0, 0.1) is 5.92 Å². The van der Waals surface area contributed by atoms with Crippen LogP contribution in [0.1, 0.15) is 34.1 Å². The lowest BCUT2D eigenvalue weighted by Gasteiger charge is -2.12. The van der Waals surface area contributed by atoms with Crippen molar-refractivity contribution in [2.75, 3.05) is 0 Å². The minimum absolute atomic E-state index is 0.207. The average molecular weight is 214 g/mol. The zero-order valence-corrected chi connectivity index (χ0v) is 7.87. The summed E-state index contributed by atoms with van der Waals surface area (Å²) >= 11 is 0. The van der Waals surface area contributed by atoms with Crippen LogP contribution in [0.15, 0.2) is 0 Å². The highest BCUT2D eigenvalue weighted by atomic mass is 19.3. The molecular weight excluding hydrogens is 206 g/mol. The van der Waals surface area contributed by atoms with E-state index in [0.29, 0.717) is 6.42 Å². The molecule has 1 saturated carbocycles. The molecule has 0 aromatic carbocycles. The van der Waals surface area contributed by atoms with Gasteiger partial charge in [0.2, 0.25) is 0 Å². The molecule has 0 radical (unpaired) electrons. The van der Waals surface area contributed by atoms with E-state index >= 15 is 0 Å². The summed E-state index contributed by atoms with van der Waals surface area (Å²) in [7, 11) is 1.37. The van der Waals surface area contributed by atoms with Crippen molar-refractivity contribution in [3.63, 3.8) is 0 Å². The van der Waals surface area contributed by atoms with E-state index in [0.717, 1.165) is 4.68 Å². The van der Waals surface area contributed by atoms with Gasteiger partial charge in [0.05, 0.1) is 0 Å². The van der Waals surface area contributed by atoms with Crippen molar-refractivity contribution in [2.45, 2.75) is 18.3 Å². The third kappa shape index (κ3) is 0.848. The number of hydrogen-bond acceptors (Lipinski definition) is 2. The highest BCUT2D eigenvalue weighted by Gasteiger charge is 2.66. The van der Waals surface area contributed by atoms with Crippen LogP contribution in [-0.2, 0) is 13.0 Å². The lowest BCUT2D eigenvalue weighted by molar-refractivity contribution is -0.0301. The second-order valence-corrected chi connectivity index (χ2v) is 4.11. The van der Waals surface area contributed by atoms with Gasteiger partial charge in [-0.1, -0.05) is 0 Å². The van der Waals surface area contributed by atoms with Crippen molar-refractivity contribution in [1.82, 2.24) is 9.78 Å². The molecule has 0 saturated heterocycles. The van der Waals surface area contributed by atoms with Crippen LogP contribution in [0.5, 0.6) is 0 Å². The quantitative estimate of drug-likeness (QED) is 0.767. The Kier molecular flexibility index (Phi) is 1.29. The number of carbonyl (C=O) groups is 1. The number of carboxylic acid groups (broad SMARTS) is 1. The number of aromatic carboxylic acids is 1. The monoisotopic (exact) mass is 214 g/mol. The Bertz CT molecular complexity index is 481. The Balaban J connectivity index is 2.28. The van der Waals surface area contributed by atoms with E-state index < -0.39 is 17.8 Å². The van der Waals surface area contributed by atoms with Gasteiger partial charge in [0.25, 0.3) is 5.92 Å². The highest BCUT2D eigenvalue weighted by Crippen LogP contribution is 2.67. The molecule has 1 heterocycles. The van der Waals surface area contributed by atoms with Gasteiger partial charge < -0.3 is 5.11 Å². The summed E-state index contributed by atoms with van der Waals surface area (Å²) in [6.07, 6.45) is 0.381. The second kappa shape index (κ2) is 2.20. The molecule has 2 aliphatic rings. The zero-order chi connectivity index (χ0) is 11.0. The fourth-order valence-electron chi connectivity index (χ4n) is 2.54.